The highest BCUT2D eigenvalue weighted by Crippen LogP contribution is 2.18. The van der Waals surface area contributed by atoms with E-state index in [4.69, 9.17) is 10.00 Å². The summed E-state index contributed by atoms with van der Waals surface area (Å²) >= 11 is 0. The van der Waals surface area contributed by atoms with Crippen molar-refractivity contribution in [2.45, 2.75) is 33.3 Å². The van der Waals surface area contributed by atoms with Crippen molar-refractivity contribution in [3.05, 3.63) is 29.8 Å². The fourth-order valence-electron chi connectivity index (χ4n) is 1.53. The number of hydrogen-bond donors (Lipinski definition) is 1. The molecular formula is C15H20N2O2. The second-order valence-electron chi connectivity index (χ2n) is 4.84. The molecule has 4 nitrogen and oxygen atoms in total. The lowest BCUT2D eigenvalue weighted by Crippen LogP contribution is -2.37. The average molecular weight is 260 g/mol. The molecule has 1 aromatic carbocycles. The third kappa shape index (κ3) is 5.01. The van der Waals surface area contributed by atoms with Gasteiger partial charge in [-0.15, -0.1) is 0 Å². The van der Waals surface area contributed by atoms with Crippen LogP contribution in [0.15, 0.2) is 24.3 Å². The topological polar surface area (TPSA) is 62.1 Å². The van der Waals surface area contributed by atoms with E-state index in [1.54, 1.807) is 31.2 Å². The van der Waals surface area contributed by atoms with Gasteiger partial charge < -0.3 is 10.1 Å². The highest BCUT2D eigenvalue weighted by atomic mass is 16.5. The Hall–Kier alpha value is -2.02. The quantitative estimate of drug-likeness (QED) is 0.854. The van der Waals surface area contributed by atoms with E-state index >= 15 is 0 Å². The van der Waals surface area contributed by atoms with Crippen LogP contribution >= 0.6 is 0 Å². The van der Waals surface area contributed by atoms with E-state index in [2.05, 4.69) is 19.2 Å². The van der Waals surface area contributed by atoms with Gasteiger partial charge in [0.15, 0.2) is 6.10 Å². The number of carbonyl (C=O) groups is 1. The van der Waals surface area contributed by atoms with E-state index in [1.165, 1.54) is 0 Å². The van der Waals surface area contributed by atoms with Gasteiger partial charge >= 0.3 is 0 Å². The van der Waals surface area contributed by atoms with Gasteiger partial charge in [0, 0.05) is 6.54 Å². The summed E-state index contributed by atoms with van der Waals surface area (Å²) in [4.78, 5) is 11.8. The number of carbonyl (C=O) groups excluding carboxylic acids is 1. The van der Waals surface area contributed by atoms with Crippen molar-refractivity contribution in [1.82, 2.24) is 5.32 Å². The molecule has 0 saturated heterocycles. The minimum Gasteiger partial charge on any atom is -0.480 e. The highest BCUT2D eigenvalue weighted by molar-refractivity contribution is 5.80. The molecule has 0 fully saturated rings. The van der Waals surface area contributed by atoms with Crippen LogP contribution in [0.4, 0.5) is 0 Å². The Morgan fingerprint density at radius 1 is 1.37 bits per heavy atom. The van der Waals surface area contributed by atoms with Crippen LogP contribution in [0, 0.1) is 17.2 Å². The second-order valence-corrected chi connectivity index (χ2v) is 4.84. The van der Waals surface area contributed by atoms with E-state index < -0.39 is 6.10 Å². The molecule has 0 aliphatic carbocycles. The van der Waals surface area contributed by atoms with Crippen molar-refractivity contribution in [3.63, 3.8) is 0 Å². The number of para-hydroxylation sites is 1. The standard InChI is InChI=1S/C15H20N2O2/c1-11(2)8-9-17-15(18)12(3)19-14-7-5-4-6-13(14)10-16/h4-7,11-12H,8-9H2,1-3H3,(H,17,18). The van der Waals surface area contributed by atoms with Crippen molar-refractivity contribution >= 4 is 5.91 Å². The van der Waals surface area contributed by atoms with Crippen molar-refractivity contribution in [3.8, 4) is 11.8 Å². The molecule has 4 heteroatoms. The van der Waals surface area contributed by atoms with Gasteiger partial charge in [0.05, 0.1) is 5.56 Å². The van der Waals surface area contributed by atoms with E-state index in [0.717, 1.165) is 6.42 Å². The molecule has 0 bridgehead atoms. The summed E-state index contributed by atoms with van der Waals surface area (Å²) < 4.78 is 5.52. The normalized spacial score (nSPS) is 11.7. The first-order valence-corrected chi connectivity index (χ1v) is 6.48. The first kappa shape index (κ1) is 15.0. The number of nitriles is 1. The summed E-state index contributed by atoms with van der Waals surface area (Å²) in [5.74, 6) is 0.834. The Balaban J connectivity index is 2.52. The van der Waals surface area contributed by atoms with Gasteiger partial charge in [-0.05, 0) is 31.4 Å². The third-order valence-corrected chi connectivity index (χ3v) is 2.70. The second kappa shape index (κ2) is 7.42. The summed E-state index contributed by atoms with van der Waals surface area (Å²) in [5, 5.41) is 11.8. The summed E-state index contributed by atoms with van der Waals surface area (Å²) in [5.41, 5.74) is 0.435. The molecule has 102 valence electrons. The zero-order valence-electron chi connectivity index (χ0n) is 11.6. The van der Waals surface area contributed by atoms with E-state index in [9.17, 15) is 4.79 Å². The molecule has 0 radical (unpaired) electrons. The van der Waals surface area contributed by atoms with Crippen LogP contribution in [0.25, 0.3) is 0 Å². The van der Waals surface area contributed by atoms with E-state index in [0.29, 0.717) is 23.8 Å². The van der Waals surface area contributed by atoms with Crippen molar-refractivity contribution < 1.29 is 9.53 Å². The first-order valence-electron chi connectivity index (χ1n) is 6.48. The monoisotopic (exact) mass is 260 g/mol. The maximum absolute atomic E-state index is 11.8. The van der Waals surface area contributed by atoms with E-state index in [-0.39, 0.29) is 5.91 Å². The number of nitrogens with zero attached hydrogens (tertiary/aromatic N) is 1. The molecule has 1 amide bonds. The average Bonchev–Trinajstić information content (AvgIpc) is 2.38. The molecule has 0 saturated carbocycles. The predicted molar refractivity (Wildman–Crippen MR) is 73.7 cm³/mol. The lowest BCUT2D eigenvalue weighted by molar-refractivity contribution is -0.127. The van der Waals surface area contributed by atoms with Crippen LogP contribution < -0.4 is 10.1 Å². The van der Waals surface area contributed by atoms with Gasteiger partial charge in [0.2, 0.25) is 0 Å². The number of amides is 1. The molecule has 1 aromatic rings. The molecule has 0 aliphatic rings. The maximum Gasteiger partial charge on any atom is 0.260 e. The van der Waals surface area contributed by atoms with Crippen LogP contribution in [0.2, 0.25) is 0 Å². The number of nitrogens with one attached hydrogen (secondary N) is 1. The van der Waals surface area contributed by atoms with Gasteiger partial charge in [-0.3, -0.25) is 4.79 Å². The number of benzene rings is 1. The Labute approximate surface area is 114 Å². The fraction of sp³-hybridized carbons (Fsp3) is 0.467. The highest BCUT2D eigenvalue weighted by Gasteiger charge is 2.15. The minimum atomic E-state index is -0.610. The molecule has 0 spiro atoms. The smallest absolute Gasteiger partial charge is 0.260 e. The molecular weight excluding hydrogens is 240 g/mol. The maximum atomic E-state index is 11.8. The van der Waals surface area contributed by atoms with Gasteiger partial charge in [-0.1, -0.05) is 26.0 Å². The van der Waals surface area contributed by atoms with Gasteiger partial charge in [-0.2, -0.15) is 5.26 Å². The molecule has 1 rings (SSSR count). The summed E-state index contributed by atoms with van der Waals surface area (Å²) in [6, 6.07) is 8.94. The van der Waals surface area contributed by atoms with Gasteiger partial charge in [0.1, 0.15) is 11.8 Å². The number of hydrogen-bond acceptors (Lipinski definition) is 3. The molecule has 1 atom stereocenters. The molecule has 1 N–H and O–H groups in total. The summed E-state index contributed by atoms with van der Waals surface area (Å²) in [6.07, 6.45) is 0.328. The van der Waals surface area contributed by atoms with Crippen molar-refractivity contribution in [2.75, 3.05) is 6.54 Å². The fourth-order valence-corrected chi connectivity index (χ4v) is 1.53. The Morgan fingerprint density at radius 2 is 2.05 bits per heavy atom. The molecule has 0 aromatic heterocycles. The molecule has 19 heavy (non-hydrogen) atoms. The largest absolute Gasteiger partial charge is 0.480 e. The lowest BCUT2D eigenvalue weighted by Gasteiger charge is -2.15. The SMILES string of the molecule is CC(C)CCNC(=O)C(C)Oc1ccccc1C#N. The molecule has 1 unspecified atom stereocenters. The number of rotatable bonds is 6. The lowest BCUT2D eigenvalue weighted by atomic mass is 10.1. The van der Waals surface area contributed by atoms with Crippen molar-refractivity contribution in [2.24, 2.45) is 5.92 Å². The molecule has 0 heterocycles. The third-order valence-electron chi connectivity index (χ3n) is 2.70. The minimum absolute atomic E-state index is 0.159. The Bertz CT molecular complexity index is 463. The zero-order chi connectivity index (χ0) is 14.3. The van der Waals surface area contributed by atoms with Crippen molar-refractivity contribution in [1.29, 1.82) is 5.26 Å². The summed E-state index contributed by atoms with van der Waals surface area (Å²) in [7, 11) is 0. The van der Waals surface area contributed by atoms with Gasteiger partial charge in [0.25, 0.3) is 5.91 Å². The van der Waals surface area contributed by atoms with Crippen LogP contribution in [-0.4, -0.2) is 18.6 Å². The zero-order valence-corrected chi connectivity index (χ0v) is 11.6. The van der Waals surface area contributed by atoms with Crippen LogP contribution in [0.3, 0.4) is 0 Å². The number of ether oxygens (including phenoxy) is 1. The summed E-state index contributed by atoms with van der Waals surface area (Å²) in [6.45, 7) is 6.54. The van der Waals surface area contributed by atoms with Crippen LogP contribution in [-0.2, 0) is 4.79 Å². The van der Waals surface area contributed by atoms with E-state index in [1.807, 2.05) is 6.07 Å². The predicted octanol–water partition coefficient (Wildman–Crippen LogP) is 2.49. The Morgan fingerprint density at radius 3 is 2.68 bits per heavy atom. The van der Waals surface area contributed by atoms with Gasteiger partial charge in [-0.25, -0.2) is 0 Å². The Kier molecular flexibility index (Phi) is 5.87. The van der Waals surface area contributed by atoms with Crippen LogP contribution in [0.5, 0.6) is 5.75 Å². The first-order chi connectivity index (χ1) is 9.04. The van der Waals surface area contributed by atoms with Crippen LogP contribution in [0.1, 0.15) is 32.8 Å². The molecule has 0 aliphatic heterocycles.